The number of hydrogen-bond acceptors (Lipinski definition) is 4. The number of hydrogen-bond donors (Lipinski definition) is 1. The Morgan fingerprint density at radius 2 is 1.50 bits per heavy atom. The Bertz CT molecular complexity index is 1410. The highest BCUT2D eigenvalue weighted by Gasteiger charge is 2.51. The fourth-order valence-electron chi connectivity index (χ4n) is 7.88. The Hall–Kier alpha value is -2.29. The van der Waals surface area contributed by atoms with Crippen molar-refractivity contribution in [2.75, 3.05) is 17.1 Å². The molecule has 10 heteroatoms. The summed E-state index contributed by atoms with van der Waals surface area (Å²) in [7, 11) is -3.81. The molecule has 2 amide bonds. The summed E-state index contributed by atoms with van der Waals surface area (Å²) < 4.78 is 27.2. The number of sulfonamides is 1. The fourth-order valence-corrected chi connectivity index (χ4v) is 9.05. The fraction of sp³-hybridized carbons (Fsp3) is 0.562. The lowest BCUT2D eigenvalue weighted by Crippen LogP contribution is -2.52. The molecule has 1 N–H and O–H groups in total. The van der Waals surface area contributed by atoms with Crippen molar-refractivity contribution in [1.29, 1.82) is 0 Å². The molecule has 2 aromatic rings. The minimum Gasteiger partial charge on any atom is -0.352 e. The van der Waals surface area contributed by atoms with Gasteiger partial charge in [-0.15, -0.1) is 0 Å². The number of nitrogens with one attached hydrogen (secondary N) is 1. The molecule has 4 bridgehead atoms. The molecule has 7 nitrogen and oxygen atoms in total. The third-order valence-electron chi connectivity index (χ3n) is 9.42. The van der Waals surface area contributed by atoms with Crippen LogP contribution in [-0.4, -0.2) is 50.0 Å². The van der Waals surface area contributed by atoms with E-state index in [1.165, 1.54) is 49.0 Å². The van der Waals surface area contributed by atoms with Crippen LogP contribution < -0.4 is 9.62 Å². The van der Waals surface area contributed by atoms with E-state index in [1.807, 2.05) is 26.0 Å². The quantitative estimate of drug-likeness (QED) is 0.339. The SMILES string of the molecule is CC(C)NC(=O)C(C)N(Cc1ccc(Cl)c(Cl)c1)C(=O)CN(c1ccc(C23CC4CC(CC(C4)C2)C3)cc1)S(C)(=O)=O. The lowest BCUT2D eigenvalue weighted by Gasteiger charge is -2.57. The summed E-state index contributed by atoms with van der Waals surface area (Å²) >= 11 is 12.3. The number of carbonyl (C=O) groups is 2. The second-order valence-electron chi connectivity index (χ2n) is 13.1. The van der Waals surface area contributed by atoms with E-state index >= 15 is 0 Å². The van der Waals surface area contributed by atoms with Crippen molar-refractivity contribution in [2.45, 2.75) is 83.3 Å². The molecular weight excluding hydrogens is 593 g/mol. The summed E-state index contributed by atoms with van der Waals surface area (Å²) in [6.07, 6.45) is 8.81. The van der Waals surface area contributed by atoms with Gasteiger partial charge in [-0.3, -0.25) is 13.9 Å². The van der Waals surface area contributed by atoms with Crippen molar-refractivity contribution in [3.8, 4) is 0 Å². The van der Waals surface area contributed by atoms with Gasteiger partial charge in [-0.05, 0) is 118 Å². The van der Waals surface area contributed by atoms with Gasteiger partial charge in [0, 0.05) is 12.6 Å². The average molecular weight is 635 g/mol. The number of amides is 2. The maximum atomic E-state index is 13.8. The molecule has 0 spiro atoms. The van der Waals surface area contributed by atoms with Gasteiger partial charge in [0.1, 0.15) is 12.6 Å². The second kappa shape index (κ2) is 12.0. The van der Waals surface area contributed by atoms with Crippen molar-refractivity contribution in [3.63, 3.8) is 0 Å². The van der Waals surface area contributed by atoms with E-state index in [-0.39, 0.29) is 23.9 Å². The van der Waals surface area contributed by atoms with Crippen LogP contribution in [0.15, 0.2) is 42.5 Å². The normalized spacial score (nSPS) is 25.4. The van der Waals surface area contributed by atoms with Gasteiger partial charge in [0.15, 0.2) is 0 Å². The maximum absolute atomic E-state index is 13.8. The van der Waals surface area contributed by atoms with Crippen LogP contribution in [0.3, 0.4) is 0 Å². The molecule has 4 fully saturated rings. The lowest BCUT2D eigenvalue weighted by atomic mass is 9.48. The summed E-state index contributed by atoms with van der Waals surface area (Å²) in [6, 6.07) is 11.8. The Balaban J connectivity index is 1.39. The molecule has 0 aliphatic heterocycles. The standard InChI is InChI=1S/C32H41Cl2N3O4S/c1-20(2)35-31(39)21(3)36(18-22-5-10-28(33)29(34)14-22)30(38)19-37(42(4,40)41)27-8-6-26(7-9-27)32-15-23-11-24(16-32)13-25(12-23)17-32/h5-10,14,20-21,23-25H,11-13,15-19H2,1-4H3,(H,35,39). The monoisotopic (exact) mass is 633 g/mol. The van der Waals surface area contributed by atoms with E-state index in [0.29, 0.717) is 21.3 Å². The number of halogens is 2. The summed E-state index contributed by atoms with van der Waals surface area (Å²) in [5.74, 6) is 1.58. The summed E-state index contributed by atoms with van der Waals surface area (Å²) in [5, 5.41) is 3.56. The van der Waals surface area contributed by atoms with Crippen molar-refractivity contribution < 1.29 is 18.0 Å². The van der Waals surface area contributed by atoms with Gasteiger partial charge in [0.2, 0.25) is 21.8 Å². The van der Waals surface area contributed by atoms with Gasteiger partial charge in [-0.2, -0.15) is 0 Å². The second-order valence-corrected chi connectivity index (χ2v) is 15.8. The molecule has 0 aromatic heterocycles. The highest BCUT2D eigenvalue weighted by atomic mass is 35.5. The van der Waals surface area contributed by atoms with Gasteiger partial charge in [-0.25, -0.2) is 8.42 Å². The van der Waals surface area contributed by atoms with E-state index in [2.05, 4.69) is 17.4 Å². The molecule has 1 unspecified atom stereocenters. The zero-order valence-electron chi connectivity index (χ0n) is 24.8. The van der Waals surface area contributed by atoms with Gasteiger partial charge >= 0.3 is 0 Å². The molecule has 0 heterocycles. The van der Waals surface area contributed by atoms with Crippen LogP contribution in [0.5, 0.6) is 0 Å². The molecule has 1 atom stereocenters. The maximum Gasteiger partial charge on any atom is 0.244 e. The minimum absolute atomic E-state index is 0.0605. The predicted molar refractivity (Wildman–Crippen MR) is 168 cm³/mol. The zero-order chi connectivity index (χ0) is 30.4. The third kappa shape index (κ3) is 6.61. The van der Waals surface area contributed by atoms with Crippen LogP contribution in [0.25, 0.3) is 0 Å². The topological polar surface area (TPSA) is 86.8 Å². The molecule has 0 saturated heterocycles. The lowest BCUT2D eigenvalue weighted by molar-refractivity contribution is -0.139. The van der Waals surface area contributed by atoms with Crippen LogP contribution in [-0.2, 0) is 31.6 Å². The van der Waals surface area contributed by atoms with E-state index in [0.717, 1.165) is 28.3 Å². The minimum atomic E-state index is -3.81. The number of nitrogens with zero attached hydrogens (tertiary/aromatic N) is 2. The molecule has 2 aromatic carbocycles. The number of carbonyl (C=O) groups excluding carboxylic acids is 2. The average Bonchev–Trinajstić information content (AvgIpc) is 2.90. The highest BCUT2D eigenvalue weighted by molar-refractivity contribution is 7.92. The van der Waals surface area contributed by atoms with E-state index in [4.69, 9.17) is 23.2 Å². The Morgan fingerprint density at radius 1 is 0.929 bits per heavy atom. The molecule has 0 radical (unpaired) electrons. The van der Waals surface area contributed by atoms with E-state index in [1.54, 1.807) is 25.1 Å². The zero-order valence-corrected chi connectivity index (χ0v) is 27.1. The summed E-state index contributed by atoms with van der Waals surface area (Å²) in [5.41, 5.74) is 2.58. The molecule has 6 rings (SSSR count). The smallest absolute Gasteiger partial charge is 0.244 e. The first-order chi connectivity index (χ1) is 19.7. The van der Waals surface area contributed by atoms with Crippen LogP contribution in [0.2, 0.25) is 10.0 Å². The van der Waals surface area contributed by atoms with Crippen LogP contribution in [0, 0.1) is 17.8 Å². The first kappa shape index (κ1) is 31.1. The molecule has 4 saturated carbocycles. The molecule has 228 valence electrons. The van der Waals surface area contributed by atoms with Gasteiger partial charge in [0.05, 0.1) is 22.0 Å². The largest absolute Gasteiger partial charge is 0.352 e. The summed E-state index contributed by atoms with van der Waals surface area (Å²) in [4.78, 5) is 28.2. The van der Waals surface area contributed by atoms with Crippen molar-refractivity contribution in [1.82, 2.24) is 10.2 Å². The van der Waals surface area contributed by atoms with Crippen molar-refractivity contribution in [3.05, 3.63) is 63.6 Å². The first-order valence-electron chi connectivity index (χ1n) is 14.9. The number of rotatable bonds is 10. The third-order valence-corrected chi connectivity index (χ3v) is 11.3. The van der Waals surface area contributed by atoms with Gasteiger partial charge < -0.3 is 10.2 Å². The number of benzene rings is 2. The molecule has 4 aliphatic rings. The van der Waals surface area contributed by atoms with Gasteiger partial charge in [-0.1, -0.05) is 41.4 Å². The Kier molecular flexibility index (Phi) is 8.90. The molecule has 42 heavy (non-hydrogen) atoms. The van der Waals surface area contributed by atoms with Gasteiger partial charge in [0.25, 0.3) is 0 Å². The van der Waals surface area contributed by atoms with E-state index in [9.17, 15) is 18.0 Å². The molecule has 4 aliphatic carbocycles. The van der Waals surface area contributed by atoms with Crippen LogP contribution in [0.4, 0.5) is 5.69 Å². The predicted octanol–water partition coefficient (Wildman–Crippen LogP) is 6.17. The molecular formula is C32H41Cl2N3O4S. The Labute approximate surface area is 260 Å². The van der Waals surface area contributed by atoms with Crippen LogP contribution >= 0.6 is 23.2 Å². The number of anilines is 1. The van der Waals surface area contributed by atoms with Crippen molar-refractivity contribution in [2.24, 2.45) is 17.8 Å². The Morgan fingerprint density at radius 3 is 2.00 bits per heavy atom. The summed E-state index contributed by atoms with van der Waals surface area (Å²) in [6.45, 7) is 4.95. The highest BCUT2D eigenvalue weighted by Crippen LogP contribution is 2.60. The van der Waals surface area contributed by atoms with E-state index < -0.39 is 28.5 Å². The van der Waals surface area contributed by atoms with Crippen LogP contribution in [0.1, 0.15) is 70.4 Å². The first-order valence-corrected chi connectivity index (χ1v) is 17.5. The van der Waals surface area contributed by atoms with Crippen molar-refractivity contribution >= 4 is 50.7 Å².